The molecule has 0 aromatic heterocycles. The van der Waals surface area contributed by atoms with E-state index in [0.717, 1.165) is 0 Å². The molecule has 1 aliphatic heterocycles. The van der Waals surface area contributed by atoms with Gasteiger partial charge in [0.2, 0.25) is 6.79 Å². The van der Waals surface area contributed by atoms with E-state index in [2.05, 4.69) is 9.93 Å². The van der Waals surface area contributed by atoms with Gasteiger partial charge in [0.1, 0.15) is 0 Å². The Kier molecular flexibility index (Phi) is 3.49. The molecule has 1 heterocycles. The fourth-order valence-electron chi connectivity index (χ4n) is 1.82. The molecule has 6 nitrogen and oxygen atoms in total. The number of nitrogens with one attached hydrogen (secondary N) is 1. The Morgan fingerprint density at radius 3 is 2.62 bits per heavy atom. The summed E-state index contributed by atoms with van der Waals surface area (Å²) in [5.74, 6) is 1.28. The molecule has 0 bridgehead atoms. The molecule has 1 aliphatic rings. The maximum atomic E-state index is 11.9. The zero-order valence-electron chi connectivity index (χ0n) is 10.9. The van der Waals surface area contributed by atoms with Crippen molar-refractivity contribution in [1.29, 1.82) is 0 Å². The van der Waals surface area contributed by atoms with Crippen LogP contribution in [0, 0.1) is 0 Å². The Hall–Kier alpha value is -2.54. The number of fused-ring (bicyclic) bond motifs is 1. The Balaban J connectivity index is 1.73. The Bertz CT molecular complexity index is 773. The third-order valence-electron chi connectivity index (χ3n) is 2.84. The van der Waals surface area contributed by atoms with Gasteiger partial charge in [0.15, 0.2) is 11.5 Å². The number of hydrogen-bond acceptors (Lipinski definition) is 5. The topological polar surface area (TPSA) is 77.0 Å². The molecule has 1 N–H and O–H groups in total. The van der Waals surface area contributed by atoms with Crippen molar-refractivity contribution in [2.75, 3.05) is 6.79 Å². The number of hydrazone groups is 1. The molecule has 7 heteroatoms. The Labute approximate surface area is 122 Å². The molecule has 0 amide bonds. The van der Waals surface area contributed by atoms with Crippen molar-refractivity contribution in [3.05, 3.63) is 54.1 Å². The summed E-state index contributed by atoms with van der Waals surface area (Å²) >= 11 is 0. The summed E-state index contributed by atoms with van der Waals surface area (Å²) in [5, 5.41) is 3.76. The Morgan fingerprint density at radius 2 is 1.81 bits per heavy atom. The lowest BCUT2D eigenvalue weighted by Gasteiger charge is -2.02. The second kappa shape index (κ2) is 5.45. The van der Waals surface area contributed by atoms with Gasteiger partial charge in [-0.15, -0.1) is 0 Å². The van der Waals surface area contributed by atoms with E-state index in [0.29, 0.717) is 17.1 Å². The first-order valence-electron chi connectivity index (χ1n) is 6.15. The molecule has 2 aromatic carbocycles. The largest absolute Gasteiger partial charge is 0.454 e. The van der Waals surface area contributed by atoms with Crippen molar-refractivity contribution in [3.63, 3.8) is 0 Å². The minimum absolute atomic E-state index is 0.160. The SMILES string of the molecule is O=S(=O)(NN=Cc1ccc2c(c1)OCO2)c1ccccc1. The van der Waals surface area contributed by atoms with Crippen molar-refractivity contribution in [1.82, 2.24) is 4.83 Å². The first-order valence-corrected chi connectivity index (χ1v) is 7.63. The highest BCUT2D eigenvalue weighted by Crippen LogP contribution is 2.31. The van der Waals surface area contributed by atoms with Gasteiger partial charge in [-0.2, -0.15) is 13.5 Å². The molecule has 0 saturated heterocycles. The molecule has 0 unspecified atom stereocenters. The number of sulfonamides is 1. The first kappa shape index (κ1) is 13.4. The number of nitrogens with zero attached hydrogens (tertiary/aromatic N) is 1. The summed E-state index contributed by atoms with van der Waals surface area (Å²) in [6.07, 6.45) is 1.41. The van der Waals surface area contributed by atoms with Gasteiger partial charge >= 0.3 is 0 Å². The third kappa shape index (κ3) is 2.97. The summed E-state index contributed by atoms with van der Waals surface area (Å²) < 4.78 is 34.3. The van der Waals surface area contributed by atoms with Gasteiger partial charge in [-0.05, 0) is 35.9 Å². The monoisotopic (exact) mass is 304 g/mol. The number of ether oxygens (including phenoxy) is 2. The summed E-state index contributed by atoms with van der Waals surface area (Å²) in [6.45, 7) is 0.191. The van der Waals surface area contributed by atoms with Crippen molar-refractivity contribution in [3.8, 4) is 11.5 Å². The van der Waals surface area contributed by atoms with Gasteiger partial charge in [-0.3, -0.25) is 0 Å². The molecule has 2 aromatic rings. The molecule has 0 spiro atoms. The molecule has 0 atom stereocenters. The normalized spacial score (nSPS) is 13.5. The number of benzene rings is 2. The van der Waals surface area contributed by atoms with Crippen LogP contribution in [-0.4, -0.2) is 21.4 Å². The summed E-state index contributed by atoms with van der Waals surface area (Å²) in [7, 11) is -3.65. The predicted octanol–water partition coefficient (Wildman–Crippen LogP) is 1.73. The molecule has 21 heavy (non-hydrogen) atoms. The zero-order valence-corrected chi connectivity index (χ0v) is 11.7. The van der Waals surface area contributed by atoms with Crippen molar-refractivity contribution in [2.45, 2.75) is 4.90 Å². The molecule has 0 fully saturated rings. The molecule has 108 valence electrons. The van der Waals surface area contributed by atoms with Gasteiger partial charge in [-0.25, -0.2) is 4.83 Å². The average molecular weight is 304 g/mol. The first-order chi connectivity index (χ1) is 10.1. The molecule has 0 radical (unpaired) electrons. The van der Waals surface area contributed by atoms with Crippen LogP contribution in [0.4, 0.5) is 0 Å². The van der Waals surface area contributed by atoms with Crippen LogP contribution in [-0.2, 0) is 10.0 Å². The molecule has 0 aliphatic carbocycles. The average Bonchev–Trinajstić information content (AvgIpc) is 2.95. The van der Waals surface area contributed by atoms with Crippen LogP contribution in [0.1, 0.15) is 5.56 Å². The van der Waals surface area contributed by atoms with Crippen LogP contribution >= 0.6 is 0 Å². The lowest BCUT2D eigenvalue weighted by atomic mass is 10.2. The minimum atomic E-state index is -3.65. The van der Waals surface area contributed by atoms with Crippen molar-refractivity contribution < 1.29 is 17.9 Å². The fraction of sp³-hybridized carbons (Fsp3) is 0.0714. The van der Waals surface area contributed by atoms with Crippen LogP contribution in [0.3, 0.4) is 0 Å². The van der Waals surface area contributed by atoms with Gasteiger partial charge in [-0.1, -0.05) is 18.2 Å². The van der Waals surface area contributed by atoms with Crippen LogP contribution in [0.5, 0.6) is 11.5 Å². The van der Waals surface area contributed by atoms with Crippen molar-refractivity contribution in [2.24, 2.45) is 5.10 Å². The molecule has 3 rings (SSSR count). The number of rotatable bonds is 4. The van der Waals surface area contributed by atoms with E-state index >= 15 is 0 Å². The predicted molar refractivity (Wildman–Crippen MR) is 76.9 cm³/mol. The minimum Gasteiger partial charge on any atom is -0.454 e. The Morgan fingerprint density at radius 1 is 1.05 bits per heavy atom. The lowest BCUT2D eigenvalue weighted by Crippen LogP contribution is -2.18. The van der Waals surface area contributed by atoms with Gasteiger partial charge in [0, 0.05) is 0 Å². The molecule has 0 saturated carbocycles. The van der Waals surface area contributed by atoms with Gasteiger partial charge in [0.05, 0.1) is 11.1 Å². The highest BCUT2D eigenvalue weighted by Gasteiger charge is 2.13. The van der Waals surface area contributed by atoms with E-state index in [9.17, 15) is 8.42 Å². The summed E-state index contributed by atoms with van der Waals surface area (Å²) in [6, 6.07) is 13.3. The second-order valence-corrected chi connectivity index (χ2v) is 5.94. The fourth-order valence-corrected chi connectivity index (χ4v) is 2.63. The van der Waals surface area contributed by atoms with Gasteiger partial charge < -0.3 is 9.47 Å². The van der Waals surface area contributed by atoms with Gasteiger partial charge in [0.25, 0.3) is 10.0 Å². The van der Waals surface area contributed by atoms with Crippen LogP contribution in [0.2, 0.25) is 0 Å². The van der Waals surface area contributed by atoms with Crippen molar-refractivity contribution >= 4 is 16.2 Å². The highest BCUT2D eigenvalue weighted by molar-refractivity contribution is 7.89. The van der Waals surface area contributed by atoms with Crippen LogP contribution in [0.25, 0.3) is 0 Å². The molecular weight excluding hydrogens is 292 g/mol. The van der Waals surface area contributed by atoms with Crippen LogP contribution < -0.4 is 14.3 Å². The van der Waals surface area contributed by atoms with Crippen LogP contribution in [0.15, 0.2) is 58.5 Å². The van der Waals surface area contributed by atoms with E-state index in [4.69, 9.17) is 9.47 Å². The third-order valence-corrected chi connectivity index (χ3v) is 4.08. The maximum absolute atomic E-state index is 11.9. The smallest absolute Gasteiger partial charge is 0.276 e. The van der Waals surface area contributed by atoms with E-state index in [1.54, 1.807) is 36.4 Å². The highest BCUT2D eigenvalue weighted by atomic mass is 32.2. The van der Waals surface area contributed by atoms with E-state index in [-0.39, 0.29) is 11.7 Å². The standard InChI is InChI=1S/C14H12N2O4S/c17-21(18,12-4-2-1-3-5-12)16-15-9-11-6-7-13-14(8-11)20-10-19-13/h1-9,16H,10H2. The van der Waals surface area contributed by atoms with E-state index in [1.807, 2.05) is 0 Å². The van der Waals surface area contributed by atoms with E-state index < -0.39 is 10.0 Å². The number of hydrogen-bond donors (Lipinski definition) is 1. The summed E-state index contributed by atoms with van der Waals surface area (Å²) in [4.78, 5) is 2.32. The summed E-state index contributed by atoms with van der Waals surface area (Å²) in [5.41, 5.74) is 0.704. The second-order valence-electron chi connectivity index (χ2n) is 4.28. The molecular formula is C14H12N2O4S. The van der Waals surface area contributed by atoms with E-state index in [1.165, 1.54) is 18.3 Å². The lowest BCUT2D eigenvalue weighted by molar-refractivity contribution is 0.174. The quantitative estimate of drug-likeness (QED) is 0.689. The zero-order chi connectivity index (χ0) is 14.7. The maximum Gasteiger partial charge on any atom is 0.276 e.